The van der Waals surface area contributed by atoms with Crippen molar-refractivity contribution in [3.05, 3.63) is 16.9 Å². The largest absolute Gasteiger partial charge is 0.380 e. The molecule has 3 N–H and O–H groups in total. The predicted octanol–water partition coefficient (Wildman–Crippen LogP) is 1.66. The highest BCUT2D eigenvalue weighted by molar-refractivity contribution is 6.31. The third-order valence-electron chi connectivity index (χ3n) is 2.30. The molecule has 0 saturated carbocycles. The summed E-state index contributed by atoms with van der Waals surface area (Å²) in [5.41, 5.74) is 3.57. The quantitative estimate of drug-likeness (QED) is 0.592. The minimum atomic E-state index is -0.141. The van der Waals surface area contributed by atoms with Crippen molar-refractivity contribution in [1.29, 1.82) is 0 Å². The summed E-state index contributed by atoms with van der Waals surface area (Å²) in [7, 11) is 0. The lowest BCUT2D eigenvalue weighted by molar-refractivity contribution is 0.120. The molecule has 0 spiro atoms. The van der Waals surface area contributed by atoms with E-state index in [-0.39, 0.29) is 12.1 Å². The maximum atomic E-state index is 6.11. The molecule has 1 aromatic rings. The van der Waals surface area contributed by atoms with Gasteiger partial charge in [0.15, 0.2) is 0 Å². The zero-order chi connectivity index (χ0) is 12.1. The van der Waals surface area contributed by atoms with Gasteiger partial charge in [-0.1, -0.05) is 11.6 Å². The van der Waals surface area contributed by atoms with Crippen LogP contribution >= 0.6 is 11.6 Å². The number of hydrazine groups is 1. The van der Waals surface area contributed by atoms with E-state index in [0.29, 0.717) is 18.2 Å². The topological polar surface area (TPSA) is 65.1 Å². The monoisotopic (exact) mass is 246 g/mol. The normalized spacial score (nSPS) is 13.4. The fourth-order valence-corrected chi connectivity index (χ4v) is 1.79. The molecule has 0 saturated heterocycles. The van der Waals surface area contributed by atoms with E-state index in [1.807, 2.05) is 25.5 Å². The second-order valence-electron chi connectivity index (χ2n) is 3.79. The van der Waals surface area contributed by atoms with Crippen molar-refractivity contribution in [1.82, 2.24) is 15.2 Å². The first-order chi connectivity index (χ1) is 7.61. The van der Waals surface area contributed by atoms with Crippen LogP contribution in [-0.2, 0) is 4.74 Å². The molecular formula is C10H19ClN4O. The van der Waals surface area contributed by atoms with Crippen LogP contribution in [0.2, 0.25) is 5.02 Å². The van der Waals surface area contributed by atoms with Crippen molar-refractivity contribution in [2.24, 2.45) is 5.84 Å². The van der Waals surface area contributed by atoms with E-state index < -0.39 is 0 Å². The summed E-state index contributed by atoms with van der Waals surface area (Å²) < 4.78 is 7.21. The summed E-state index contributed by atoms with van der Waals surface area (Å²) in [5, 5.41) is 4.83. The Labute approximate surface area is 101 Å². The molecule has 1 aromatic heterocycles. The average molecular weight is 247 g/mol. The number of ether oxygens (including phenoxy) is 1. The van der Waals surface area contributed by atoms with Crippen LogP contribution in [0, 0.1) is 0 Å². The lowest BCUT2D eigenvalue weighted by Gasteiger charge is -2.19. The lowest BCUT2D eigenvalue weighted by Crippen LogP contribution is -2.33. The molecule has 1 rings (SSSR count). The number of nitrogens with zero attached hydrogens (tertiary/aromatic N) is 2. The van der Waals surface area contributed by atoms with Gasteiger partial charge in [-0.05, 0) is 20.8 Å². The third-order valence-corrected chi connectivity index (χ3v) is 2.59. The van der Waals surface area contributed by atoms with Crippen LogP contribution in [0.4, 0.5) is 0 Å². The van der Waals surface area contributed by atoms with E-state index in [1.54, 1.807) is 6.20 Å². The average Bonchev–Trinajstić information content (AvgIpc) is 2.62. The van der Waals surface area contributed by atoms with Crippen molar-refractivity contribution < 1.29 is 4.74 Å². The highest BCUT2D eigenvalue weighted by atomic mass is 35.5. The van der Waals surface area contributed by atoms with Crippen molar-refractivity contribution in [3.8, 4) is 0 Å². The first-order valence-electron chi connectivity index (χ1n) is 5.38. The zero-order valence-corrected chi connectivity index (χ0v) is 10.7. The fourth-order valence-electron chi connectivity index (χ4n) is 1.53. The fraction of sp³-hybridized carbons (Fsp3) is 0.700. The lowest BCUT2D eigenvalue weighted by atomic mass is 10.2. The zero-order valence-electron chi connectivity index (χ0n) is 9.90. The van der Waals surface area contributed by atoms with Gasteiger partial charge in [-0.3, -0.25) is 10.5 Å². The Bertz CT molecular complexity index is 327. The van der Waals surface area contributed by atoms with Gasteiger partial charge in [-0.15, -0.1) is 0 Å². The van der Waals surface area contributed by atoms with Gasteiger partial charge in [0.2, 0.25) is 0 Å². The van der Waals surface area contributed by atoms with Gasteiger partial charge in [0.1, 0.15) is 0 Å². The highest BCUT2D eigenvalue weighted by Crippen LogP contribution is 2.25. The molecule has 0 radical (unpaired) electrons. The Morgan fingerprint density at radius 3 is 2.81 bits per heavy atom. The molecule has 0 aromatic carbocycles. The second kappa shape index (κ2) is 6.20. The summed E-state index contributed by atoms with van der Waals surface area (Å²) in [6, 6.07) is 0.0947. The Hall–Kier alpha value is -0.620. The van der Waals surface area contributed by atoms with Crippen molar-refractivity contribution in [2.45, 2.75) is 32.9 Å². The van der Waals surface area contributed by atoms with Crippen LogP contribution in [0.3, 0.4) is 0 Å². The van der Waals surface area contributed by atoms with Gasteiger partial charge in [0, 0.05) is 12.6 Å². The van der Waals surface area contributed by atoms with Gasteiger partial charge >= 0.3 is 0 Å². The molecule has 5 nitrogen and oxygen atoms in total. The predicted molar refractivity (Wildman–Crippen MR) is 64.2 cm³/mol. The Morgan fingerprint density at radius 1 is 1.62 bits per heavy atom. The molecule has 0 fully saturated rings. The third kappa shape index (κ3) is 2.95. The van der Waals surface area contributed by atoms with E-state index in [9.17, 15) is 0 Å². The molecule has 0 amide bonds. The molecule has 0 aliphatic rings. The number of hydrogen-bond acceptors (Lipinski definition) is 4. The van der Waals surface area contributed by atoms with E-state index in [2.05, 4.69) is 10.5 Å². The van der Waals surface area contributed by atoms with Crippen molar-refractivity contribution in [2.75, 3.05) is 13.2 Å². The first-order valence-corrected chi connectivity index (χ1v) is 5.76. The maximum absolute atomic E-state index is 6.11. The maximum Gasteiger partial charge on any atom is 0.0877 e. The SMILES string of the molecule is CCOCC(NN)c1c(Cl)cnn1C(C)C. The second-order valence-corrected chi connectivity index (χ2v) is 4.20. The number of aromatic nitrogens is 2. The minimum absolute atomic E-state index is 0.141. The summed E-state index contributed by atoms with van der Waals surface area (Å²) in [5.74, 6) is 5.51. The summed E-state index contributed by atoms with van der Waals surface area (Å²) in [4.78, 5) is 0. The Morgan fingerprint density at radius 2 is 2.31 bits per heavy atom. The van der Waals surface area contributed by atoms with E-state index in [0.717, 1.165) is 5.69 Å². The van der Waals surface area contributed by atoms with Gasteiger partial charge < -0.3 is 4.74 Å². The van der Waals surface area contributed by atoms with Crippen LogP contribution in [0.1, 0.15) is 38.5 Å². The molecule has 16 heavy (non-hydrogen) atoms. The van der Waals surface area contributed by atoms with Crippen molar-refractivity contribution in [3.63, 3.8) is 0 Å². The van der Waals surface area contributed by atoms with Gasteiger partial charge in [-0.25, -0.2) is 5.43 Å². The number of rotatable bonds is 6. The van der Waals surface area contributed by atoms with E-state index >= 15 is 0 Å². The molecule has 0 aliphatic heterocycles. The van der Waals surface area contributed by atoms with Crippen LogP contribution in [0.25, 0.3) is 0 Å². The van der Waals surface area contributed by atoms with Gasteiger partial charge in [0.05, 0.1) is 29.6 Å². The molecule has 92 valence electrons. The number of hydrogen-bond donors (Lipinski definition) is 2. The molecule has 1 atom stereocenters. The molecule has 6 heteroatoms. The van der Waals surface area contributed by atoms with Gasteiger partial charge in [0.25, 0.3) is 0 Å². The summed E-state index contributed by atoms with van der Waals surface area (Å²) >= 11 is 6.11. The highest BCUT2D eigenvalue weighted by Gasteiger charge is 2.20. The summed E-state index contributed by atoms with van der Waals surface area (Å²) in [6.45, 7) is 7.15. The van der Waals surface area contributed by atoms with E-state index in [4.69, 9.17) is 22.2 Å². The van der Waals surface area contributed by atoms with Crippen LogP contribution in [0.15, 0.2) is 6.20 Å². The molecule has 0 aliphatic carbocycles. The van der Waals surface area contributed by atoms with Crippen LogP contribution < -0.4 is 11.3 Å². The molecular weight excluding hydrogens is 228 g/mol. The molecule has 0 bridgehead atoms. The Balaban J connectivity index is 2.93. The summed E-state index contributed by atoms with van der Waals surface area (Å²) in [6.07, 6.45) is 1.63. The molecule has 1 unspecified atom stereocenters. The number of nitrogens with two attached hydrogens (primary N) is 1. The van der Waals surface area contributed by atoms with Crippen molar-refractivity contribution >= 4 is 11.6 Å². The van der Waals surface area contributed by atoms with Crippen LogP contribution in [-0.4, -0.2) is 23.0 Å². The van der Waals surface area contributed by atoms with Gasteiger partial charge in [-0.2, -0.15) is 5.10 Å². The Kier molecular flexibility index (Phi) is 5.21. The molecule has 1 heterocycles. The number of halogens is 1. The standard InChI is InChI=1S/C10H19ClN4O/c1-4-16-6-9(14-12)10-8(11)5-13-15(10)7(2)3/h5,7,9,14H,4,6,12H2,1-3H3. The number of nitrogens with one attached hydrogen (secondary N) is 1. The van der Waals surface area contributed by atoms with Crippen LogP contribution in [0.5, 0.6) is 0 Å². The smallest absolute Gasteiger partial charge is 0.0877 e. The van der Waals surface area contributed by atoms with E-state index in [1.165, 1.54) is 0 Å². The first kappa shape index (κ1) is 13.4. The minimum Gasteiger partial charge on any atom is -0.380 e.